The molecule has 0 aliphatic heterocycles. The van der Waals surface area contributed by atoms with Crippen LogP contribution >= 0.6 is 11.8 Å². The Labute approximate surface area is 135 Å². The SMILES string of the molecule is CC[C@@H](CNC(=O)[C@@H](C)Sc1nncn1C)c1ccccc1. The minimum atomic E-state index is -0.198. The third-order valence-electron chi connectivity index (χ3n) is 3.61. The van der Waals surface area contributed by atoms with Gasteiger partial charge in [0.2, 0.25) is 5.91 Å². The van der Waals surface area contributed by atoms with E-state index in [9.17, 15) is 4.79 Å². The van der Waals surface area contributed by atoms with Gasteiger partial charge in [0.05, 0.1) is 5.25 Å². The molecule has 6 heteroatoms. The quantitative estimate of drug-likeness (QED) is 0.797. The maximum Gasteiger partial charge on any atom is 0.233 e. The Morgan fingerprint density at radius 2 is 2.09 bits per heavy atom. The molecule has 0 bridgehead atoms. The topological polar surface area (TPSA) is 59.8 Å². The van der Waals surface area contributed by atoms with Crippen molar-refractivity contribution in [1.29, 1.82) is 0 Å². The molecule has 1 amide bonds. The van der Waals surface area contributed by atoms with Crippen LogP contribution in [-0.4, -0.2) is 32.5 Å². The van der Waals surface area contributed by atoms with E-state index in [2.05, 4.69) is 34.6 Å². The van der Waals surface area contributed by atoms with Gasteiger partial charge in [0.25, 0.3) is 0 Å². The second kappa shape index (κ2) is 7.98. The summed E-state index contributed by atoms with van der Waals surface area (Å²) in [7, 11) is 1.87. The Morgan fingerprint density at radius 3 is 2.68 bits per heavy atom. The van der Waals surface area contributed by atoms with Crippen molar-refractivity contribution < 1.29 is 4.79 Å². The van der Waals surface area contributed by atoms with Crippen molar-refractivity contribution in [2.45, 2.75) is 36.6 Å². The van der Waals surface area contributed by atoms with Gasteiger partial charge >= 0.3 is 0 Å². The minimum absolute atomic E-state index is 0.0300. The lowest BCUT2D eigenvalue weighted by Crippen LogP contribution is -2.34. The largest absolute Gasteiger partial charge is 0.355 e. The molecule has 1 N–H and O–H groups in total. The van der Waals surface area contributed by atoms with E-state index in [-0.39, 0.29) is 11.2 Å². The zero-order chi connectivity index (χ0) is 15.9. The highest BCUT2D eigenvalue weighted by atomic mass is 32.2. The second-order valence-corrected chi connectivity index (χ2v) is 6.55. The van der Waals surface area contributed by atoms with Gasteiger partial charge in [0.15, 0.2) is 5.16 Å². The van der Waals surface area contributed by atoms with Crippen LogP contribution < -0.4 is 5.32 Å². The Bertz CT molecular complexity index is 599. The van der Waals surface area contributed by atoms with Crippen LogP contribution in [0, 0.1) is 0 Å². The number of carbonyl (C=O) groups excluding carboxylic acids is 1. The molecule has 22 heavy (non-hydrogen) atoms. The van der Waals surface area contributed by atoms with Crippen molar-refractivity contribution in [3.05, 3.63) is 42.2 Å². The van der Waals surface area contributed by atoms with Gasteiger partial charge in [0.1, 0.15) is 6.33 Å². The van der Waals surface area contributed by atoms with E-state index in [1.807, 2.05) is 36.7 Å². The summed E-state index contributed by atoms with van der Waals surface area (Å²) in [4.78, 5) is 12.2. The number of amides is 1. The van der Waals surface area contributed by atoms with Crippen LogP contribution in [0.25, 0.3) is 0 Å². The zero-order valence-corrected chi connectivity index (χ0v) is 14.0. The highest BCUT2D eigenvalue weighted by Gasteiger charge is 2.18. The molecule has 1 aromatic heterocycles. The van der Waals surface area contributed by atoms with E-state index in [0.29, 0.717) is 12.5 Å². The van der Waals surface area contributed by atoms with Gasteiger partial charge in [0, 0.05) is 19.5 Å². The highest BCUT2D eigenvalue weighted by Crippen LogP contribution is 2.21. The fourth-order valence-electron chi connectivity index (χ4n) is 2.18. The maximum absolute atomic E-state index is 12.2. The smallest absolute Gasteiger partial charge is 0.233 e. The maximum atomic E-state index is 12.2. The summed E-state index contributed by atoms with van der Waals surface area (Å²) < 4.78 is 1.81. The minimum Gasteiger partial charge on any atom is -0.355 e. The lowest BCUT2D eigenvalue weighted by Gasteiger charge is -2.18. The average molecular weight is 318 g/mol. The molecule has 2 rings (SSSR count). The zero-order valence-electron chi connectivity index (χ0n) is 13.2. The first-order chi connectivity index (χ1) is 10.6. The summed E-state index contributed by atoms with van der Waals surface area (Å²) in [6.45, 7) is 4.68. The Kier molecular flexibility index (Phi) is 6.00. The lowest BCUT2D eigenvalue weighted by molar-refractivity contribution is -0.120. The van der Waals surface area contributed by atoms with Gasteiger partial charge in [-0.2, -0.15) is 0 Å². The van der Waals surface area contributed by atoms with Crippen molar-refractivity contribution >= 4 is 17.7 Å². The van der Waals surface area contributed by atoms with Crippen LogP contribution in [0.2, 0.25) is 0 Å². The average Bonchev–Trinajstić information content (AvgIpc) is 2.94. The Balaban J connectivity index is 1.87. The molecule has 0 saturated carbocycles. The van der Waals surface area contributed by atoms with E-state index < -0.39 is 0 Å². The van der Waals surface area contributed by atoms with Crippen molar-refractivity contribution in [2.24, 2.45) is 7.05 Å². The van der Waals surface area contributed by atoms with Crippen LogP contribution in [-0.2, 0) is 11.8 Å². The van der Waals surface area contributed by atoms with Crippen LogP contribution in [0.5, 0.6) is 0 Å². The molecule has 118 valence electrons. The summed E-state index contributed by atoms with van der Waals surface area (Å²) in [6, 6.07) is 10.3. The lowest BCUT2D eigenvalue weighted by atomic mass is 9.96. The van der Waals surface area contributed by atoms with Crippen molar-refractivity contribution in [2.75, 3.05) is 6.54 Å². The molecule has 0 radical (unpaired) electrons. The fraction of sp³-hybridized carbons (Fsp3) is 0.438. The molecule has 0 aliphatic rings. The van der Waals surface area contributed by atoms with E-state index in [1.165, 1.54) is 17.3 Å². The fourth-order valence-corrected chi connectivity index (χ4v) is 3.00. The first-order valence-electron chi connectivity index (χ1n) is 7.45. The van der Waals surface area contributed by atoms with Crippen molar-refractivity contribution in [3.63, 3.8) is 0 Å². The second-order valence-electron chi connectivity index (χ2n) is 5.25. The third kappa shape index (κ3) is 4.34. The predicted molar refractivity (Wildman–Crippen MR) is 88.8 cm³/mol. The van der Waals surface area contributed by atoms with Crippen LogP contribution in [0.1, 0.15) is 31.7 Å². The van der Waals surface area contributed by atoms with Crippen molar-refractivity contribution in [1.82, 2.24) is 20.1 Å². The van der Waals surface area contributed by atoms with E-state index in [1.54, 1.807) is 6.33 Å². The molecule has 1 aromatic carbocycles. The number of benzene rings is 1. The molecule has 0 spiro atoms. The summed E-state index contributed by atoms with van der Waals surface area (Å²) in [6.07, 6.45) is 2.63. The summed E-state index contributed by atoms with van der Waals surface area (Å²) >= 11 is 1.42. The number of carbonyl (C=O) groups is 1. The van der Waals surface area contributed by atoms with Crippen molar-refractivity contribution in [3.8, 4) is 0 Å². The van der Waals surface area contributed by atoms with Crippen LogP contribution in [0.15, 0.2) is 41.8 Å². The molecule has 0 aliphatic carbocycles. The molecule has 5 nitrogen and oxygen atoms in total. The van der Waals surface area contributed by atoms with E-state index in [0.717, 1.165) is 11.6 Å². The summed E-state index contributed by atoms with van der Waals surface area (Å²) in [5.41, 5.74) is 1.26. The number of hydrogen-bond acceptors (Lipinski definition) is 4. The molecule has 0 fully saturated rings. The first-order valence-corrected chi connectivity index (χ1v) is 8.33. The Morgan fingerprint density at radius 1 is 1.36 bits per heavy atom. The molecule has 0 unspecified atom stereocenters. The molecular formula is C16H22N4OS. The van der Waals surface area contributed by atoms with Gasteiger partial charge in [-0.25, -0.2) is 0 Å². The van der Waals surface area contributed by atoms with Gasteiger partial charge in [-0.15, -0.1) is 10.2 Å². The summed E-state index contributed by atoms with van der Waals surface area (Å²) in [5, 5.41) is 11.4. The van der Waals surface area contributed by atoms with Gasteiger partial charge in [-0.1, -0.05) is 49.0 Å². The molecule has 2 aromatic rings. The number of nitrogens with one attached hydrogen (secondary N) is 1. The molecule has 1 heterocycles. The number of rotatable bonds is 7. The highest BCUT2D eigenvalue weighted by molar-refractivity contribution is 8.00. The molecule has 0 saturated heterocycles. The number of hydrogen-bond donors (Lipinski definition) is 1. The van der Waals surface area contributed by atoms with Gasteiger partial charge < -0.3 is 9.88 Å². The van der Waals surface area contributed by atoms with Gasteiger partial charge in [-0.05, 0) is 18.9 Å². The third-order valence-corrected chi connectivity index (χ3v) is 4.76. The monoisotopic (exact) mass is 318 g/mol. The number of aryl methyl sites for hydroxylation is 1. The number of thioether (sulfide) groups is 1. The normalized spacial score (nSPS) is 13.6. The van der Waals surface area contributed by atoms with Crippen LogP contribution in [0.3, 0.4) is 0 Å². The number of nitrogens with zero attached hydrogens (tertiary/aromatic N) is 3. The molecular weight excluding hydrogens is 296 g/mol. The number of aromatic nitrogens is 3. The van der Waals surface area contributed by atoms with E-state index >= 15 is 0 Å². The van der Waals surface area contributed by atoms with E-state index in [4.69, 9.17) is 0 Å². The molecule has 2 atom stereocenters. The Hall–Kier alpha value is -1.82. The summed E-state index contributed by atoms with van der Waals surface area (Å²) in [5.74, 6) is 0.375. The first kappa shape index (κ1) is 16.5. The predicted octanol–water partition coefficient (Wildman–Crippen LogP) is 2.61. The standard InChI is InChI=1S/C16H22N4OS/c1-4-13(14-8-6-5-7-9-14)10-17-15(21)12(2)22-16-19-18-11-20(16)3/h5-9,11-13H,4,10H2,1-3H3,(H,17,21)/t12-,13+/m1/s1. The van der Waals surface area contributed by atoms with Crippen LogP contribution in [0.4, 0.5) is 0 Å². The van der Waals surface area contributed by atoms with Gasteiger partial charge in [-0.3, -0.25) is 4.79 Å².